The van der Waals surface area contributed by atoms with E-state index in [1.807, 2.05) is 0 Å². The summed E-state index contributed by atoms with van der Waals surface area (Å²) >= 11 is 0. The summed E-state index contributed by atoms with van der Waals surface area (Å²) in [5.41, 5.74) is 6.54. The van der Waals surface area contributed by atoms with Crippen LogP contribution in [-0.4, -0.2) is 30.3 Å². The second-order valence-electron chi connectivity index (χ2n) is 8.91. The molecule has 3 amide bonds. The Labute approximate surface area is 171 Å². The fourth-order valence-corrected chi connectivity index (χ4v) is 4.90. The summed E-state index contributed by atoms with van der Waals surface area (Å²) in [5.74, 6) is -0.343. The van der Waals surface area contributed by atoms with Gasteiger partial charge in [0.2, 0.25) is 11.8 Å². The summed E-state index contributed by atoms with van der Waals surface area (Å²) in [6, 6.07) is -0.181. The summed E-state index contributed by atoms with van der Waals surface area (Å²) in [4.78, 5) is 37.1. The minimum absolute atomic E-state index is 0.181. The van der Waals surface area contributed by atoms with Gasteiger partial charge in [-0.05, 0) is 62.8 Å². The summed E-state index contributed by atoms with van der Waals surface area (Å²) in [7, 11) is 0. The number of rotatable bonds is 7. The molecule has 0 saturated heterocycles. The SMILES string of the molecule is NC(=O)C1(C(=O)NCC(NC(=O)c2occ3c2CCCC3)C2CCCCC2)CC1. The molecule has 1 heterocycles. The molecular formula is C22H31N3O4. The van der Waals surface area contributed by atoms with Gasteiger partial charge in [0.25, 0.3) is 5.91 Å². The molecule has 1 atom stereocenters. The molecule has 4 rings (SSSR count). The van der Waals surface area contributed by atoms with Gasteiger partial charge in [-0.25, -0.2) is 0 Å². The van der Waals surface area contributed by atoms with Crippen molar-refractivity contribution in [3.63, 3.8) is 0 Å². The Morgan fingerprint density at radius 2 is 1.83 bits per heavy atom. The Morgan fingerprint density at radius 3 is 2.52 bits per heavy atom. The Bertz CT molecular complexity index is 790. The van der Waals surface area contributed by atoms with Crippen molar-refractivity contribution in [1.29, 1.82) is 0 Å². The average Bonchev–Trinajstić information content (AvgIpc) is 3.45. The van der Waals surface area contributed by atoms with E-state index in [2.05, 4.69) is 10.6 Å². The van der Waals surface area contributed by atoms with Crippen molar-refractivity contribution in [2.75, 3.05) is 6.54 Å². The zero-order chi connectivity index (χ0) is 20.4. The molecule has 1 unspecified atom stereocenters. The van der Waals surface area contributed by atoms with Gasteiger partial charge in [-0.3, -0.25) is 14.4 Å². The minimum Gasteiger partial charge on any atom is -0.459 e. The smallest absolute Gasteiger partial charge is 0.287 e. The van der Waals surface area contributed by atoms with E-state index >= 15 is 0 Å². The van der Waals surface area contributed by atoms with E-state index in [1.165, 1.54) is 6.42 Å². The number of carbonyl (C=O) groups is 3. The number of primary amides is 1. The molecule has 7 heteroatoms. The highest BCUT2D eigenvalue weighted by Gasteiger charge is 2.55. The number of hydrogen-bond donors (Lipinski definition) is 3. The molecule has 2 fully saturated rings. The lowest BCUT2D eigenvalue weighted by Crippen LogP contribution is -2.51. The summed E-state index contributed by atoms with van der Waals surface area (Å²) in [6.45, 7) is 0.313. The van der Waals surface area contributed by atoms with E-state index < -0.39 is 11.3 Å². The van der Waals surface area contributed by atoms with Gasteiger partial charge in [-0.2, -0.15) is 0 Å². The van der Waals surface area contributed by atoms with Crippen molar-refractivity contribution in [3.05, 3.63) is 23.2 Å². The highest BCUT2D eigenvalue weighted by molar-refractivity contribution is 6.07. The van der Waals surface area contributed by atoms with Crippen LogP contribution in [0.4, 0.5) is 0 Å². The van der Waals surface area contributed by atoms with Crippen molar-refractivity contribution in [2.24, 2.45) is 17.1 Å². The van der Waals surface area contributed by atoms with E-state index in [4.69, 9.17) is 10.2 Å². The maximum atomic E-state index is 13.0. The molecule has 29 heavy (non-hydrogen) atoms. The highest BCUT2D eigenvalue weighted by atomic mass is 16.3. The Balaban J connectivity index is 1.44. The lowest BCUT2D eigenvalue weighted by Gasteiger charge is -2.31. The molecule has 2 saturated carbocycles. The molecule has 3 aliphatic carbocycles. The molecule has 0 spiro atoms. The molecule has 158 valence electrons. The molecule has 1 aromatic heterocycles. The predicted octanol–water partition coefficient (Wildman–Crippen LogP) is 2.22. The molecule has 3 aliphatic rings. The van der Waals surface area contributed by atoms with Gasteiger partial charge in [-0.1, -0.05) is 19.3 Å². The van der Waals surface area contributed by atoms with Crippen molar-refractivity contribution in [3.8, 4) is 0 Å². The zero-order valence-corrected chi connectivity index (χ0v) is 16.9. The first-order valence-electron chi connectivity index (χ1n) is 11.0. The second-order valence-corrected chi connectivity index (χ2v) is 8.91. The van der Waals surface area contributed by atoms with Crippen LogP contribution in [0.15, 0.2) is 10.7 Å². The molecule has 7 nitrogen and oxygen atoms in total. The van der Waals surface area contributed by atoms with Crippen LogP contribution in [0.1, 0.15) is 79.5 Å². The van der Waals surface area contributed by atoms with Crippen LogP contribution in [0.5, 0.6) is 0 Å². The van der Waals surface area contributed by atoms with Gasteiger partial charge < -0.3 is 20.8 Å². The number of hydrogen-bond acceptors (Lipinski definition) is 4. The maximum Gasteiger partial charge on any atom is 0.287 e. The van der Waals surface area contributed by atoms with Crippen LogP contribution in [0.25, 0.3) is 0 Å². The van der Waals surface area contributed by atoms with Crippen molar-refractivity contribution < 1.29 is 18.8 Å². The van der Waals surface area contributed by atoms with Gasteiger partial charge in [0.15, 0.2) is 5.76 Å². The Morgan fingerprint density at radius 1 is 1.10 bits per heavy atom. The van der Waals surface area contributed by atoms with Gasteiger partial charge >= 0.3 is 0 Å². The topological polar surface area (TPSA) is 114 Å². The second kappa shape index (κ2) is 8.20. The van der Waals surface area contributed by atoms with Crippen LogP contribution in [0.3, 0.4) is 0 Å². The third kappa shape index (κ3) is 4.05. The maximum absolute atomic E-state index is 13.0. The average molecular weight is 402 g/mol. The van der Waals surface area contributed by atoms with Gasteiger partial charge in [0, 0.05) is 18.2 Å². The van der Waals surface area contributed by atoms with E-state index in [-0.39, 0.29) is 17.9 Å². The van der Waals surface area contributed by atoms with E-state index in [9.17, 15) is 14.4 Å². The lowest BCUT2D eigenvalue weighted by atomic mass is 9.83. The van der Waals surface area contributed by atoms with E-state index in [0.29, 0.717) is 31.1 Å². The molecule has 0 aliphatic heterocycles. The number of furan rings is 1. The number of carbonyl (C=O) groups excluding carboxylic acids is 3. The van der Waals surface area contributed by atoms with Crippen molar-refractivity contribution >= 4 is 17.7 Å². The summed E-state index contributed by atoms with van der Waals surface area (Å²) < 4.78 is 5.63. The number of aryl methyl sites for hydroxylation is 1. The van der Waals surface area contributed by atoms with Crippen LogP contribution >= 0.6 is 0 Å². The number of amides is 3. The number of fused-ring (bicyclic) bond motifs is 1. The van der Waals surface area contributed by atoms with Crippen LogP contribution < -0.4 is 16.4 Å². The molecule has 0 aromatic carbocycles. The van der Waals surface area contributed by atoms with Crippen molar-refractivity contribution in [2.45, 2.75) is 76.7 Å². The largest absolute Gasteiger partial charge is 0.459 e. The first-order valence-corrected chi connectivity index (χ1v) is 11.0. The zero-order valence-electron chi connectivity index (χ0n) is 16.9. The quantitative estimate of drug-likeness (QED) is 0.608. The normalized spacial score (nSPS) is 21.7. The van der Waals surface area contributed by atoms with Gasteiger partial charge in [-0.15, -0.1) is 0 Å². The van der Waals surface area contributed by atoms with Crippen LogP contribution in [0.2, 0.25) is 0 Å². The number of nitrogens with one attached hydrogen (secondary N) is 2. The van der Waals surface area contributed by atoms with E-state index in [0.717, 1.165) is 62.5 Å². The summed E-state index contributed by atoms with van der Waals surface area (Å²) in [5, 5.41) is 6.02. The van der Waals surface area contributed by atoms with Crippen LogP contribution in [-0.2, 0) is 22.4 Å². The molecule has 1 aromatic rings. The molecular weight excluding hydrogens is 370 g/mol. The Hall–Kier alpha value is -2.31. The number of nitrogens with two attached hydrogens (primary N) is 1. The standard InChI is InChI=1S/C22H31N3O4/c23-20(27)22(10-11-22)21(28)24-12-17(14-6-2-1-3-7-14)25-19(26)18-16-9-5-4-8-15(16)13-29-18/h13-14,17H,1-12H2,(H2,23,27)(H,24,28)(H,25,26). The third-order valence-corrected chi connectivity index (χ3v) is 6.98. The molecule has 0 bridgehead atoms. The first-order chi connectivity index (χ1) is 14.0. The third-order valence-electron chi connectivity index (χ3n) is 6.98. The molecule has 4 N–H and O–H groups in total. The van der Waals surface area contributed by atoms with Crippen LogP contribution in [0, 0.1) is 11.3 Å². The highest BCUT2D eigenvalue weighted by Crippen LogP contribution is 2.45. The molecule has 0 radical (unpaired) electrons. The summed E-state index contributed by atoms with van der Waals surface area (Å²) in [6.07, 6.45) is 12.3. The Kier molecular flexibility index (Phi) is 5.65. The minimum atomic E-state index is -1.04. The monoisotopic (exact) mass is 401 g/mol. The van der Waals surface area contributed by atoms with Gasteiger partial charge in [0.1, 0.15) is 5.41 Å². The first kappa shape index (κ1) is 20.0. The van der Waals surface area contributed by atoms with Crippen molar-refractivity contribution in [1.82, 2.24) is 10.6 Å². The predicted molar refractivity (Wildman–Crippen MR) is 107 cm³/mol. The van der Waals surface area contributed by atoms with Gasteiger partial charge in [0.05, 0.1) is 6.26 Å². The fourth-order valence-electron chi connectivity index (χ4n) is 4.90. The fraction of sp³-hybridized carbons (Fsp3) is 0.682. The lowest BCUT2D eigenvalue weighted by molar-refractivity contribution is -0.135. The van der Waals surface area contributed by atoms with E-state index in [1.54, 1.807) is 6.26 Å².